The van der Waals surface area contributed by atoms with Crippen LogP contribution in [0.2, 0.25) is 0 Å². The number of nitrogen functional groups attached to an aromatic ring is 1. The van der Waals surface area contributed by atoms with Crippen molar-refractivity contribution in [3.05, 3.63) is 33.3 Å². The van der Waals surface area contributed by atoms with Crippen molar-refractivity contribution in [3.8, 4) is 0 Å². The number of carbonyl (C=O) groups is 1. The van der Waals surface area contributed by atoms with Gasteiger partial charge in [0.05, 0.1) is 17.2 Å². The third-order valence-corrected chi connectivity index (χ3v) is 4.88. The molecular formula is C13H15N3OS2. The van der Waals surface area contributed by atoms with Crippen molar-refractivity contribution in [1.82, 2.24) is 5.32 Å². The van der Waals surface area contributed by atoms with Crippen molar-refractivity contribution < 1.29 is 4.79 Å². The normalized spacial score (nSPS) is 14.3. The number of carbonyl (C=O) groups excluding carboxylic acids is 1. The van der Waals surface area contributed by atoms with Gasteiger partial charge in [0, 0.05) is 10.9 Å². The van der Waals surface area contributed by atoms with Crippen molar-refractivity contribution in [2.45, 2.75) is 25.4 Å². The molecule has 1 amide bonds. The first kappa shape index (κ1) is 12.5. The maximum absolute atomic E-state index is 12.0. The number of anilines is 2. The van der Waals surface area contributed by atoms with E-state index in [1.807, 2.05) is 17.5 Å². The van der Waals surface area contributed by atoms with Crippen LogP contribution in [-0.2, 0) is 6.54 Å². The second-order valence-corrected chi connectivity index (χ2v) is 6.66. The minimum Gasteiger partial charge on any atom is -0.397 e. The minimum absolute atomic E-state index is 0.0471. The van der Waals surface area contributed by atoms with E-state index in [2.05, 4.69) is 16.7 Å². The Morgan fingerprint density at radius 2 is 2.32 bits per heavy atom. The molecule has 0 radical (unpaired) electrons. The number of rotatable bonds is 5. The molecule has 3 rings (SSSR count). The van der Waals surface area contributed by atoms with E-state index in [0.717, 1.165) is 24.4 Å². The molecule has 0 bridgehead atoms. The Hall–Kier alpha value is -1.53. The van der Waals surface area contributed by atoms with Crippen LogP contribution in [0, 0.1) is 0 Å². The largest absolute Gasteiger partial charge is 0.397 e. The van der Waals surface area contributed by atoms with Gasteiger partial charge in [0.15, 0.2) is 0 Å². The highest BCUT2D eigenvalue weighted by Crippen LogP contribution is 2.30. The second kappa shape index (κ2) is 5.22. The first-order valence-corrected chi connectivity index (χ1v) is 7.88. The number of thiophene rings is 2. The van der Waals surface area contributed by atoms with E-state index in [-0.39, 0.29) is 5.91 Å². The van der Waals surface area contributed by atoms with Gasteiger partial charge in [-0.15, -0.1) is 22.7 Å². The summed E-state index contributed by atoms with van der Waals surface area (Å²) >= 11 is 3.12. The summed E-state index contributed by atoms with van der Waals surface area (Å²) in [4.78, 5) is 13.8. The summed E-state index contributed by atoms with van der Waals surface area (Å²) in [7, 11) is 0. The second-order valence-electron chi connectivity index (χ2n) is 4.58. The molecule has 1 aliphatic carbocycles. The van der Waals surface area contributed by atoms with Gasteiger partial charge in [-0.1, -0.05) is 6.07 Å². The molecule has 1 saturated carbocycles. The fourth-order valence-electron chi connectivity index (χ4n) is 1.74. The van der Waals surface area contributed by atoms with Crippen LogP contribution >= 0.6 is 22.7 Å². The quantitative estimate of drug-likeness (QED) is 0.794. The van der Waals surface area contributed by atoms with E-state index < -0.39 is 0 Å². The summed E-state index contributed by atoms with van der Waals surface area (Å²) in [6.45, 7) is 0.765. The fraction of sp³-hybridized carbons (Fsp3) is 0.308. The van der Waals surface area contributed by atoms with Gasteiger partial charge < -0.3 is 16.4 Å². The molecule has 100 valence electrons. The molecule has 4 N–H and O–H groups in total. The first-order valence-electron chi connectivity index (χ1n) is 6.19. The van der Waals surface area contributed by atoms with E-state index in [4.69, 9.17) is 5.73 Å². The number of nitrogens with one attached hydrogen (secondary N) is 2. The van der Waals surface area contributed by atoms with E-state index in [0.29, 0.717) is 16.6 Å². The van der Waals surface area contributed by atoms with Gasteiger partial charge in [0.1, 0.15) is 4.88 Å². The first-order chi connectivity index (χ1) is 9.22. The van der Waals surface area contributed by atoms with Crippen molar-refractivity contribution in [2.75, 3.05) is 11.1 Å². The molecule has 0 unspecified atom stereocenters. The topological polar surface area (TPSA) is 67.1 Å². The van der Waals surface area contributed by atoms with Gasteiger partial charge in [-0.05, 0) is 30.4 Å². The zero-order valence-corrected chi connectivity index (χ0v) is 11.9. The molecule has 6 heteroatoms. The van der Waals surface area contributed by atoms with Crippen LogP contribution in [0.15, 0.2) is 23.6 Å². The summed E-state index contributed by atoms with van der Waals surface area (Å²) in [6.07, 6.45) is 2.17. The predicted molar refractivity (Wildman–Crippen MR) is 80.9 cm³/mol. The molecule has 4 nitrogen and oxygen atoms in total. The van der Waals surface area contributed by atoms with Crippen LogP contribution in [0.4, 0.5) is 10.7 Å². The van der Waals surface area contributed by atoms with Gasteiger partial charge in [-0.25, -0.2) is 0 Å². The fourth-order valence-corrected chi connectivity index (χ4v) is 3.26. The maximum Gasteiger partial charge on any atom is 0.263 e. The average Bonchev–Trinajstić information content (AvgIpc) is 2.92. The van der Waals surface area contributed by atoms with Crippen LogP contribution in [0.1, 0.15) is 27.4 Å². The molecule has 2 aromatic heterocycles. The Balaban J connectivity index is 1.64. The maximum atomic E-state index is 12.0. The highest BCUT2D eigenvalue weighted by Gasteiger charge is 2.25. The van der Waals surface area contributed by atoms with Crippen LogP contribution in [0.3, 0.4) is 0 Å². The number of hydrogen-bond donors (Lipinski definition) is 3. The third-order valence-electron chi connectivity index (χ3n) is 2.90. The lowest BCUT2D eigenvalue weighted by molar-refractivity contribution is 0.0956. The Bertz CT molecular complexity index is 573. The molecule has 0 atom stereocenters. The molecule has 1 fully saturated rings. The smallest absolute Gasteiger partial charge is 0.263 e. The van der Waals surface area contributed by atoms with Crippen LogP contribution in [-0.4, -0.2) is 11.9 Å². The molecule has 2 aromatic rings. The molecule has 1 aliphatic rings. The van der Waals surface area contributed by atoms with Gasteiger partial charge in [0.2, 0.25) is 0 Å². The molecule has 0 saturated heterocycles. The molecule has 0 spiro atoms. The van der Waals surface area contributed by atoms with Crippen molar-refractivity contribution >= 4 is 39.3 Å². The molecule has 19 heavy (non-hydrogen) atoms. The summed E-state index contributed by atoms with van der Waals surface area (Å²) in [5.41, 5.74) is 6.45. The summed E-state index contributed by atoms with van der Waals surface area (Å²) in [6, 6.07) is 6.30. The van der Waals surface area contributed by atoms with Gasteiger partial charge in [-0.2, -0.15) is 0 Å². The Labute approximate surface area is 119 Å². The Kier molecular flexibility index (Phi) is 3.44. The lowest BCUT2D eigenvalue weighted by Gasteiger charge is -2.01. The highest BCUT2D eigenvalue weighted by molar-refractivity contribution is 7.18. The SMILES string of the molecule is Nc1cc(NCc2cccs2)sc1C(=O)NC1CC1. The number of nitrogens with two attached hydrogens (primary N) is 1. The van der Waals surface area contributed by atoms with Crippen molar-refractivity contribution in [2.24, 2.45) is 0 Å². The molecule has 0 aliphatic heterocycles. The van der Waals surface area contributed by atoms with Gasteiger partial charge in [-0.3, -0.25) is 4.79 Å². The van der Waals surface area contributed by atoms with Gasteiger partial charge >= 0.3 is 0 Å². The standard InChI is InChI=1S/C13H15N3OS2/c14-10-6-11(15-7-9-2-1-5-18-9)19-12(10)13(17)16-8-3-4-8/h1-2,5-6,8,15H,3-4,7,14H2,(H,16,17). The van der Waals surface area contributed by atoms with E-state index in [9.17, 15) is 4.79 Å². The van der Waals surface area contributed by atoms with Crippen LogP contribution in [0.5, 0.6) is 0 Å². The van der Waals surface area contributed by atoms with E-state index >= 15 is 0 Å². The van der Waals surface area contributed by atoms with E-state index in [1.165, 1.54) is 16.2 Å². The lowest BCUT2D eigenvalue weighted by atomic mass is 10.3. The molecular weight excluding hydrogens is 278 g/mol. The monoisotopic (exact) mass is 293 g/mol. The van der Waals surface area contributed by atoms with Crippen LogP contribution in [0.25, 0.3) is 0 Å². The average molecular weight is 293 g/mol. The molecule has 2 heterocycles. The van der Waals surface area contributed by atoms with Crippen molar-refractivity contribution in [3.63, 3.8) is 0 Å². The molecule has 0 aromatic carbocycles. The zero-order chi connectivity index (χ0) is 13.2. The van der Waals surface area contributed by atoms with Crippen molar-refractivity contribution in [1.29, 1.82) is 0 Å². The van der Waals surface area contributed by atoms with Crippen LogP contribution < -0.4 is 16.4 Å². The Morgan fingerprint density at radius 1 is 1.47 bits per heavy atom. The third kappa shape index (κ3) is 3.08. The lowest BCUT2D eigenvalue weighted by Crippen LogP contribution is -2.25. The predicted octanol–water partition coefficient (Wildman–Crippen LogP) is 2.90. The Morgan fingerprint density at radius 3 is 3.00 bits per heavy atom. The zero-order valence-electron chi connectivity index (χ0n) is 10.3. The number of hydrogen-bond acceptors (Lipinski definition) is 5. The van der Waals surface area contributed by atoms with Gasteiger partial charge in [0.25, 0.3) is 5.91 Å². The minimum atomic E-state index is -0.0471. The summed E-state index contributed by atoms with van der Waals surface area (Å²) in [5.74, 6) is -0.0471. The summed E-state index contributed by atoms with van der Waals surface area (Å²) < 4.78 is 0. The van der Waals surface area contributed by atoms with E-state index in [1.54, 1.807) is 11.3 Å². The highest BCUT2D eigenvalue weighted by atomic mass is 32.1. The summed E-state index contributed by atoms with van der Waals surface area (Å²) in [5, 5.41) is 9.25. The number of amides is 1.